The minimum absolute atomic E-state index is 0.295. The van der Waals surface area contributed by atoms with E-state index in [-0.39, 0.29) is 0 Å². The molecule has 0 aliphatic carbocycles. The predicted octanol–water partition coefficient (Wildman–Crippen LogP) is 2.42. The van der Waals surface area contributed by atoms with Crippen molar-refractivity contribution < 1.29 is 4.74 Å². The minimum Gasteiger partial charge on any atom is -0.375 e. The second-order valence-corrected chi connectivity index (χ2v) is 7.99. The molecule has 134 valence electrons. The zero-order valence-electron chi connectivity index (χ0n) is 14.9. The Bertz CT molecular complexity index is 704. The van der Waals surface area contributed by atoms with Crippen LogP contribution in [0.25, 0.3) is 0 Å². The fourth-order valence-electron chi connectivity index (χ4n) is 3.79. The second-order valence-electron chi connectivity index (χ2n) is 6.93. The van der Waals surface area contributed by atoms with Gasteiger partial charge in [-0.25, -0.2) is 15.0 Å². The van der Waals surface area contributed by atoms with Crippen LogP contribution < -0.4 is 4.90 Å². The third kappa shape index (κ3) is 3.83. The van der Waals surface area contributed by atoms with Crippen molar-refractivity contribution in [3.63, 3.8) is 0 Å². The summed E-state index contributed by atoms with van der Waals surface area (Å²) in [6.07, 6.45) is 6.19. The summed E-state index contributed by atoms with van der Waals surface area (Å²) >= 11 is 1.73. The number of nitrogens with zero attached hydrogens (tertiary/aromatic N) is 5. The summed E-state index contributed by atoms with van der Waals surface area (Å²) in [5, 5.41) is 3.33. The maximum atomic E-state index is 6.11. The Morgan fingerprint density at radius 1 is 1.16 bits per heavy atom. The van der Waals surface area contributed by atoms with Gasteiger partial charge in [-0.15, -0.1) is 11.3 Å². The van der Waals surface area contributed by atoms with E-state index in [4.69, 9.17) is 4.74 Å². The lowest BCUT2D eigenvalue weighted by Gasteiger charge is -2.40. The van der Waals surface area contributed by atoms with E-state index >= 15 is 0 Å². The van der Waals surface area contributed by atoms with E-state index in [9.17, 15) is 0 Å². The molecule has 2 aliphatic heterocycles. The molecule has 0 bridgehead atoms. The zero-order valence-corrected chi connectivity index (χ0v) is 15.7. The Morgan fingerprint density at radius 2 is 1.96 bits per heavy atom. The van der Waals surface area contributed by atoms with Crippen molar-refractivity contribution in [3.8, 4) is 0 Å². The predicted molar refractivity (Wildman–Crippen MR) is 99.0 cm³/mol. The number of fused-ring (bicyclic) bond motifs is 1. The Balaban J connectivity index is 1.46. The van der Waals surface area contributed by atoms with E-state index in [1.165, 1.54) is 5.69 Å². The number of rotatable bonds is 3. The van der Waals surface area contributed by atoms with Gasteiger partial charge in [-0.1, -0.05) is 0 Å². The van der Waals surface area contributed by atoms with Gasteiger partial charge in [-0.2, -0.15) is 0 Å². The normalized spacial score (nSPS) is 24.8. The number of ether oxygens (including phenoxy) is 1. The number of thiazole rings is 1. The molecular formula is C18H25N5OS. The number of aryl methyl sites for hydroxylation is 2. The standard InChI is InChI=1S/C18H25N5OS/c1-13-9-19-18(20-10-13)22-5-3-16-17(4-6-22)24-8-7-23(16)11-15-12-25-14(2)21-15/h9-10,12,16-17H,3-8,11H2,1-2H3/t16-,17+/m1/s1. The van der Waals surface area contributed by atoms with Crippen LogP contribution in [0.5, 0.6) is 0 Å². The SMILES string of the molecule is Cc1cnc(N2CC[C@@H]3OCCN(Cc4csc(C)n4)[C@@H]3CC2)nc1. The van der Waals surface area contributed by atoms with Gasteiger partial charge < -0.3 is 9.64 Å². The van der Waals surface area contributed by atoms with Gasteiger partial charge in [0.25, 0.3) is 0 Å². The van der Waals surface area contributed by atoms with Crippen LogP contribution in [0.3, 0.4) is 0 Å². The minimum atomic E-state index is 0.295. The van der Waals surface area contributed by atoms with E-state index in [0.717, 1.165) is 62.1 Å². The third-order valence-electron chi connectivity index (χ3n) is 5.07. The molecule has 0 unspecified atom stereocenters. The van der Waals surface area contributed by atoms with E-state index < -0.39 is 0 Å². The molecule has 0 amide bonds. The maximum absolute atomic E-state index is 6.11. The van der Waals surface area contributed by atoms with E-state index in [0.29, 0.717) is 12.1 Å². The van der Waals surface area contributed by atoms with Crippen LogP contribution in [0.15, 0.2) is 17.8 Å². The third-order valence-corrected chi connectivity index (χ3v) is 5.89. The van der Waals surface area contributed by atoms with Gasteiger partial charge >= 0.3 is 0 Å². The summed E-state index contributed by atoms with van der Waals surface area (Å²) in [5.41, 5.74) is 2.28. The molecule has 2 aromatic rings. The number of morpholine rings is 1. The molecule has 0 radical (unpaired) electrons. The Hall–Kier alpha value is -1.57. The first-order valence-corrected chi connectivity index (χ1v) is 9.87. The van der Waals surface area contributed by atoms with E-state index in [1.54, 1.807) is 11.3 Å². The largest absolute Gasteiger partial charge is 0.375 e. The molecule has 0 N–H and O–H groups in total. The molecule has 7 heteroatoms. The summed E-state index contributed by atoms with van der Waals surface area (Å²) in [4.78, 5) is 18.5. The van der Waals surface area contributed by atoms with Crippen molar-refractivity contribution in [1.29, 1.82) is 0 Å². The average Bonchev–Trinajstić information content (AvgIpc) is 2.90. The first-order valence-electron chi connectivity index (χ1n) is 8.99. The number of hydrogen-bond acceptors (Lipinski definition) is 7. The second kappa shape index (κ2) is 7.35. The van der Waals surface area contributed by atoms with Crippen LogP contribution in [-0.4, -0.2) is 58.2 Å². The van der Waals surface area contributed by atoms with Crippen LogP contribution in [0.4, 0.5) is 5.95 Å². The fourth-order valence-corrected chi connectivity index (χ4v) is 4.40. The summed E-state index contributed by atoms with van der Waals surface area (Å²) in [7, 11) is 0. The number of hydrogen-bond donors (Lipinski definition) is 0. The first kappa shape index (κ1) is 16.9. The highest BCUT2D eigenvalue weighted by molar-refractivity contribution is 7.09. The molecule has 4 heterocycles. The van der Waals surface area contributed by atoms with Gasteiger partial charge in [-0.05, 0) is 32.3 Å². The van der Waals surface area contributed by atoms with Crippen molar-refractivity contribution in [2.75, 3.05) is 31.1 Å². The quantitative estimate of drug-likeness (QED) is 0.839. The van der Waals surface area contributed by atoms with Gasteiger partial charge in [-0.3, -0.25) is 4.90 Å². The van der Waals surface area contributed by atoms with Crippen LogP contribution >= 0.6 is 11.3 Å². The Morgan fingerprint density at radius 3 is 2.72 bits per heavy atom. The number of aromatic nitrogens is 3. The Labute approximate surface area is 152 Å². The number of anilines is 1. The fraction of sp³-hybridized carbons (Fsp3) is 0.611. The lowest BCUT2D eigenvalue weighted by atomic mass is 10.0. The zero-order chi connectivity index (χ0) is 17.2. The monoisotopic (exact) mass is 359 g/mol. The lowest BCUT2D eigenvalue weighted by Crippen LogP contribution is -2.50. The lowest BCUT2D eigenvalue weighted by molar-refractivity contribution is -0.0749. The van der Waals surface area contributed by atoms with Gasteiger partial charge in [0.2, 0.25) is 5.95 Å². The van der Waals surface area contributed by atoms with Crippen molar-refractivity contribution in [2.24, 2.45) is 0 Å². The summed E-state index contributed by atoms with van der Waals surface area (Å²) < 4.78 is 6.11. The van der Waals surface area contributed by atoms with Gasteiger partial charge in [0.15, 0.2) is 0 Å². The molecule has 0 saturated carbocycles. The molecule has 2 saturated heterocycles. The van der Waals surface area contributed by atoms with Crippen molar-refractivity contribution >= 4 is 17.3 Å². The maximum Gasteiger partial charge on any atom is 0.225 e. The molecule has 25 heavy (non-hydrogen) atoms. The molecular weight excluding hydrogens is 334 g/mol. The van der Waals surface area contributed by atoms with Gasteiger partial charge in [0, 0.05) is 50.0 Å². The van der Waals surface area contributed by atoms with Crippen LogP contribution in [0.2, 0.25) is 0 Å². The smallest absolute Gasteiger partial charge is 0.225 e. The molecule has 2 atom stereocenters. The van der Waals surface area contributed by atoms with Crippen molar-refractivity contribution in [2.45, 2.75) is 45.4 Å². The topological polar surface area (TPSA) is 54.4 Å². The van der Waals surface area contributed by atoms with Crippen LogP contribution in [0, 0.1) is 13.8 Å². The van der Waals surface area contributed by atoms with Crippen molar-refractivity contribution in [3.05, 3.63) is 34.0 Å². The summed E-state index contributed by atoms with van der Waals surface area (Å²) in [6, 6.07) is 0.450. The van der Waals surface area contributed by atoms with Crippen LogP contribution in [-0.2, 0) is 11.3 Å². The molecule has 0 aromatic carbocycles. The highest BCUT2D eigenvalue weighted by atomic mass is 32.1. The molecule has 0 spiro atoms. The van der Waals surface area contributed by atoms with Gasteiger partial charge in [0.1, 0.15) is 0 Å². The van der Waals surface area contributed by atoms with E-state index in [2.05, 4.69) is 37.1 Å². The molecule has 2 aliphatic rings. The molecule has 2 fully saturated rings. The van der Waals surface area contributed by atoms with E-state index in [1.807, 2.05) is 19.3 Å². The highest BCUT2D eigenvalue weighted by Crippen LogP contribution is 2.26. The summed E-state index contributed by atoms with van der Waals surface area (Å²) in [5.74, 6) is 0.839. The first-order chi connectivity index (χ1) is 12.2. The molecule has 4 rings (SSSR count). The van der Waals surface area contributed by atoms with Crippen LogP contribution in [0.1, 0.15) is 29.1 Å². The molecule has 2 aromatic heterocycles. The van der Waals surface area contributed by atoms with Crippen molar-refractivity contribution in [1.82, 2.24) is 19.9 Å². The highest BCUT2D eigenvalue weighted by Gasteiger charge is 2.35. The average molecular weight is 359 g/mol. The van der Waals surface area contributed by atoms with Gasteiger partial charge in [0.05, 0.1) is 23.4 Å². The summed E-state index contributed by atoms with van der Waals surface area (Å²) in [6.45, 7) is 8.74. The Kier molecular flexibility index (Phi) is 4.96. The molecule has 6 nitrogen and oxygen atoms in total.